The maximum absolute atomic E-state index is 11.3. The molecule has 0 aliphatic carbocycles. The van der Waals surface area contributed by atoms with Gasteiger partial charge in [-0.1, -0.05) is 35.4 Å². The van der Waals surface area contributed by atoms with E-state index >= 15 is 0 Å². The van der Waals surface area contributed by atoms with Crippen molar-refractivity contribution in [3.63, 3.8) is 0 Å². The lowest BCUT2D eigenvalue weighted by Crippen LogP contribution is -1.91. The Morgan fingerprint density at radius 1 is 0.909 bits per heavy atom. The number of non-ortho nitro benzene ring substituents is 1. The van der Waals surface area contributed by atoms with Crippen LogP contribution in [-0.2, 0) is 0 Å². The molecule has 22 heavy (non-hydrogen) atoms. The van der Waals surface area contributed by atoms with Crippen LogP contribution < -0.4 is 0 Å². The quantitative estimate of drug-likeness (QED) is 0.123. The van der Waals surface area contributed by atoms with Crippen molar-refractivity contribution in [2.75, 3.05) is 0 Å². The minimum atomic E-state index is -0.375. The molecule has 0 bridgehead atoms. The minimum Gasteiger partial charge on any atom is -0.258 e. The first-order valence-corrected chi connectivity index (χ1v) is 6.61. The van der Waals surface area contributed by atoms with Crippen LogP contribution in [0.4, 0.5) is 11.4 Å². The summed E-state index contributed by atoms with van der Waals surface area (Å²) in [5.74, 6) is 0. The van der Waals surface area contributed by atoms with Gasteiger partial charge in [-0.2, -0.15) is 0 Å². The number of rotatable bonds is 2. The van der Waals surface area contributed by atoms with E-state index in [1.807, 2.05) is 24.3 Å². The zero-order valence-corrected chi connectivity index (χ0v) is 11.2. The van der Waals surface area contributed by atoms with Crippen LogP contribution in [0.1, 0.15) is 0 Å². The number of nitro benzene ring substituents is 1. The van der Waals surface area contributed by atoms with Gasteiger partial charge in [-0.25, -0.2) is 0 Å². The molecule has 4 aromatic rings. The molecule has 4 aromatic carbocycles. The van der Waals surface area contributed by atoms with Gasteiger partial charge >= 0.3 is 0 Å². The predicted molar refractivity (Wildman–Crippen MR) is 85.6 cm³/mol. The van der Waals surface area contributed by atoms with Crippen LogP contribution in [-0.4, -0.2) is 4.92 Å². The van der Waals surface area contributed by atoms with E-state index in [9.17, 15) is 10.1 Å². The number of nitrogens with zero attached hydrogens (tertiary/aromatic N) is 4. The van der Waals surface area contributed by atoms with Crippen LogP contribution in [0.15, 0.2) is 53.6 Å². The molecule has 4 rings (SSSR count). The van der Waals surface area contributed by atoms with Gasteiger partial charge in [0, 0.05) is 22.1 Å². The number of benzene rings is 4. The highest BCUT2D eigenvalue weighted by Crippen LogP contribution is 2.41. The zero-order chi connectivity index (χ0) is 15.3. The van der Waals surface area contributed by atoms with Crippen molar-refractivity contribution in [2.24, 2.45) is 5.11 Å². The van der Waals surface area contributed by atoms with Crippen LogP contribution in [0.2, 0.25) is 0 Å². The Balaban J connectivity index is 2.32. The first-order chi connectivity index (χ1) is 10.7. The standard InChI is InChI=1S/C16H8N4O2/c17-19-18-13-7-3-9-2-6-12-14(20(21)22)8-4-10-1-5-11(13)15(9)16(10)12/h1-8H. The number of hydrogen-bond acceptors (Lipinski definition) is 3. The van der Waals surface area contributed by atoms with E-state index in [1.54, 1.807) is 18.2 Å². The van der Waals surface area contributed by atoms with E-state index in [2.05, 4.69) is 10.0 Å². The molecule has 0 N–H and O–H groups in total. The molecule has 0 aliphatic rings. The van der Waals surface area contributed by atoms with E-state index < -0.39 is 0 Å². The molecule has 6 nitrogen and oxygen atoms in total. The molecule has 0 saturated carbocycles. The molecule has 0 radical (unpaired) electrons. The van der Waals surface area contributed by atoms with Crippen molar-refractivity contribution in [2.45, 2.75) is 0 Å². The molecule has 0 unspecified atom stereocenters. The van der Waals surface area contributed by atoms with Gasteiger partial charge in [-0.15, -0.1) is 0 Å². The molecule has 104 valence electrons. The Morgan fingerprint density at radius 2 is 1.50 bits per heavy atom. The van der Waals surface area contributed by atoms with Gasteiger partial charge in [0.15, 0.2) is 0 Å². The monoisotopic (exact) mass is 288 g/mol. The molecule has 0 aromatic heterocycles. The third-order valence-electron chi connectivity index (χ3n) is 3.97. The van der Waals surface area contributed by atoms with Crippen LogP contribution >= 0.6 is 0 Å². The molecular formula is C16H8N4O2. The molecule has 0 atom stereocenters. The van der Waals surface area contributed by atoms with Gasteiger partial charge in [-0.05, 0) is 39.2 Å². The average Bonchev–Trinajstić information content (AvgIpc) is 2.53. The third kappa shape index (κ3) is 1.52. The van der Waals surface area contributed by atoms with Gasteiger partial charge in [0.05, 0.1) is 10.3 Å². The summed E-state index contributed by atoms with van der Waals surface area (Å²) in [6, 6.07) is 14.3. The van der Waals surface area contributed by atoms with Gasteiger partial charge in [0.25, 0.3) is 5.69 Å². The Hall–Kier alpha value is -3.37. The summed E-state index contributed by atoms with van der Waals surface area (Å²) >= 11 is 0. The largest absolute Gasteiger partial charge is 0.277 e. The Labute approximate surface area is 123 Å². The number of hydrogen-bond donors (Lipinski definition) is 0. The van der Waals surface area contributed by atoms with Crippen LogP contribution in [0.3, 0.4) is 0 Å². The highest BCUT2D eigenvalue weighted by atomic mass is 16.6. The zero-order valence-electron chi connectivity index (χ0n) is 11.2. The van der Waals surface area contributed by atoms with E-state index in [1.165, 1.54) is 6.07 Å². The van der Waals surface area contributed by atoms with Gasteiger partial charge in [-0.3, -0.25) is 10.1 Å². The van der Waals surface area contributed by atoms with Crippen molar-refractivity contribution in [3.05, 3.63) is 69.1 Å². The molecule has 0 saturated heterocycles. The van der Waals surface area contributed by atoms with Gasteiger partial charge in [0.2, 0.25) is 0 Å². The second-order valence-corrected chi connectivity index (χ2v) is 5.04. The van der Waals surface area contributed by atoms with Crippen molar-refractivity contribution >= 4 is 43.7 Å². The summed E-state index contributed by atoms with van der Waals surface area (Å²) < 4.78 is 0. The van der Waals surface area contributed by atoms with Crippen molar-refractivity contribution < 1.29 is 4.92 Å². The Kier molecular flexibility index (Phi) is 2.43. The summed E-state index contributed by atoms with van der Waals surface area (Å²) in [4.78, 5) is 13.7. The number of nitro groups is 1. The molecule has 0 amide bonds. The average molecular weight is 288 g/mol. The first kappa shape index (κ1) is 12.4. The molecule has 0 spiro atoms. The third-order valence-corrected chi connectivity index (χ3v) is 3.97. The lowest BCUT2D eigenvalue weighted by molar-refractivity contribution is -0.383. The normalized spacial score (nSPS) is 11.1. The fraction of sp³-hybridized carbons (Fsp3) is 0. The molecule has 6 heteroatoms. The first-order valence-electron chi connectivity index (χ1n) is 6.61. The fourth-order valence-corrected chi connectivity index (χ4v) is 3.06. The maximum Gasteiger partial charge on any atom is 0.277 e. The van der Waals surface area contributed by atoms with Gasteiger partial charge < -0.3 is 0 Å². The summed E-state index contributed by atoms with van der Waals surface area (Å²) in [7, 11) is 0. The van der Waals surface area contributed by atoms with Crippen molar-refractivity contribution in [1.29, 1.82) is 0 Å². The lowest BCUT2D eigenvalue weighted by Gasteiger charge is -2.12. The summed E-state index contributed by atoms with van der Waals surface area (Å²) in [6.45, 7) is 0. The van der Waals surface area contributed by atoms with E-state index in [-0.39, 0.29) is 10.6 Å². The molecule has 0 fully saturated rings. The van der Waals surface area contributed by atoms with Gasteiger partial charge in [0.1, 0.15) is 0 Å². The number of azide groups is 1. The van der Waals surface area contributed by atoms with E-state index in [4.69, 9.17) is 5.53 Å². The van der Waals surface area contributed by atoms with Crippen molar-refractivity contribution in [1.82, 2.24) is 0 Å². The summed E-state index contributed by atoms with van der Waals surface area (Å²) in [5.41, 5.74) is 9.31. The molecule has 0 heterocycles. The highest BCUT2D eigenvalue weighted by Gasteiger charge is 2.17. The SMILES string of the molecule is [N-]=[N+]=Nc1ccc2ccc3c([N+](=O)[O-])ccc4ccc1c2c43. The summed E-state index contributed by atoms with van der Waals surface area (Å²) in [6.07, 6.45) is 0. The Bertz CT molecular complexity index is 1040. The predicted octanol–water partition coefficient (Wildman–Crippen LogP) is 5.43. The van der Waals surface area contributed by atoms with E-state index in [0.717, 1.165) is 26.9 Å². The minimum absolute atomic E-state index is 0.0797. The van der Waals surface area contributed by atoms with Crippen LogP contribution in [0.25, 0.3) is 42.8 Å². The second-order valence-electron chi connectivity index (χ2n) is 5.04. The molecular weight excluding hydrogens is 280 g/mol. The Morgan fingerprint density at radius 3 is 2.18 bits per heavy atom. The topological polar surface area (TPSA) is 91.9 Å². The van der Waals surface area contributed by atoms with Crippen molar-refractivity contribution in [3.8, 4) is 0 Å². The maximum atomic E-state index is 11.3. The smallest absolute Gasteiger partial charge is 0.258 e. The lowest BCUT2D eigenvalue weighted by atomic mass is 9.93. The second kappa shape index (κ2) is 4.31. The van der Waals surface area contributed by atoms with Crippen LogP contribution in [0, 0.1) is 10.1 Å². The highest BCUT2D eigenvalue weighted by molar-refractivity contribution is 6.26. The summed E-state index contributed by atoms with van der Waals surface area (Å²) in [5, 5.41) is 20.0. The van der Waals surface area contributed by atoms with E-state index in [0.29, 0.717) is 11.1 Å². The molecule has 0 aliphatic heterocycles. The fourth-order valence-electron chi connectivity index (χ4n) is 3.06. The van der Waals surface area contributed by atoms with Crippen LogP contribution in [0.5, 0.6) is 0 Å².